The number of hydrogen-bond donors (Lipinski definition) is 2. The number of aryl methyl sites for hydroxylation is 1. The van der Waals surface area contributed by atoms with Gasteiger partial charge >= 0.3 is 0 Å². The van der Waals surface area contributed by atoms with Gasteiger partial charge in [-0.25, -0.2) is 4.39 Å². The number of ether oxygens (including phenoxy) is 1. The Morgan fingerprint density at radius 2 is 2.00 bits per heavy atom. The van der Waals surface area contributed by atoms with E-state index >= 15 is 0 Å². The second kappa shape index (κ2) is 7.41. The zero-order valence-corrected chi connectivity index (χ0v) is 15.9. The Bertz CT molecular complexity index is 1100. The van der Waals surface area contributed by atoms with Crippen LogP contribution in [0.2, 0.25) is 0 Å². The maximum atomic E-state index is 14.6. The van der Waals surface area contributed by atoms with Crippen LogP contribution in [0.5, 0.6) is 5.88 Å². The first-order chi connectivity index (χ1) is 13.6. The van der Waals surface area contributed by atoms with Gasteiger partial charge in [0.1, 0.15) is 17.5 Å². The minimum atomic E-state index is -0.665. The van der Waals surface area contributed by atoms with E-state index in [9.17, 15) is 9.65 Å². The summed E-state index contributed by atoms with van der Waals surface area (Å²) in [6.45, 7) is 2.04. The highest BCUT2D eigenvalue weighted by atomic mass is 32.2. The minimum Gasteiger partial charge on any atom is -0.420 e. The smallest absolute Gasteiger partial charge is 0.244 e. The van der Waals surface area contributed by atoms with E-state index in [0.29, 0.717) is 16.9 Å². The van der Waals surface area contributed by atoms with Gasteiger partial charge in [0.05, 0.1) is 17.2 Å². The molecule has 1 atom stereocenters. The third-order valence-corrected chi connectivity index (χ3v) is 5.68. The van der Waals surface area contributed by atoms with Gasteiger partial charge in [0.15, 0.2) is 0 Å². The average Bonchev–Trinajstić information content (AvgIpc) is 3.09. The molecule has 0 radical (unpaired) electrons. The summed E-state index contributed by atoms with van der Waals surface area (Å²) >= 11 is 1.62. The number of benzene rings is 2. The van der Waals surface area contributed by atoms with Crippen LogP contribution in [0.4, 0.5) is 4.39 Å². The Kier molecular flexibility index (Phi) is 4.80. The summed E-state index contributed by atoms with van der Waals surface area (Å²) in [5.74, 6) is -0.267. The third kappa shape index (κ3) is 3.23. The molecule has 3 aromatic rings. The molecule has 1 aliphatic heterocycles. The molecule has 0 saturated carbocycles. The molecule has 0 spiro atoms. The second-order valence-corrected chi connectivity index (χ2v) is 7.52. The van der Waals surface area contributed by atoms with Crippen molar-refractivity contribution in [3.63, 3.8) is 0 Å². The largest absolute Gasteiger partial charge is 0.420 e. The molecule has 140 valence electrons. The molecule has 1 unspecified atom stereocenters. The summed E-state index contributed by atoms with van der Waals surface area (Å²) in [6.07, 6.45) is 0. The van der Waals surface area contributed by atoms with Crippen LogP contribution in [0, 0.1) is 24.1 Å². The maximum absolute atomic E-state index is 14.6. The van der Waals surface area contributed by atoms with Gasteiger partial charge in [0.25, 0.3) is 0 Å². The summed E-state index contributed by atoms with van der Waals surface area (Å²) in [5, 5.41) is 16.8. The van der Waals surface area contributed by atoms with Crippen LogP contribution in [-0.2, 0) is 5.75 Å². The van der Waals surface area contributed by atoms with Crippen LogP contribution in [0.25, 0.3) is 0 Å². The van der Waals surface area contributed by atoms with E-state index in [1.54, 1.807) is 30.0 Å². The molecule has 1 aromatic heterocycles. The van der Waals surface area contributed by atoms with Crippen molar-refractivity contribution in [2.24, 2.45) is 5.73 Å². The molecule has 3 N–H and O–H groups in total. The molecular formula is C21H17FN4OS. The van der Waals surface area contributed by atoms with Crippen molar-refractivity contribution in [2.45, 2.75) is 23.5 Å². The van der Waals surface area contributed by atoms with Crippen molar-refractivity contribution in [3.8, 4) is 11.9 Å². The topological polar surface area (TPSA) is 87.7 Å². The Hall–Kier alpha value is -3.24. The lowest BCUT2D eigenvalue weighted by Gasteiger charge is -2.24. The SMILES string of the molecule is Cc1ccc(SCc2[nH]nc3c2C(c2ccccc2F)C(C#N)=C(N)O3)cc1. The van der Waals surface area contributed by atoms with Crippen LogP contribution < -0.4 is 10.5 Å². The first kappa shape index (κ1) is 18.1. The molecule has 0 aliphatic carbocycles. The molecule has 5 nitrogen and oxygen atoms in total. The molecule has 0 amide bonds. The van der Waals surface area contributed by atoms with Crippen LogP contribution in [0.1, 0.15) is 28.3 Å². The number of nitrogens with one attached hydrogen (secondary N) is 1. The fraction of sp³-hybridized carbons (Fsp3) is 0.143. The second-order valence-electron chi connectivity index (χ2n) is 6.47. The standard InChI is InChI=1S/C21H17FN4OS/c1-12-6-8-13(9-7-12)28-11-17-19-18(14-4-2-3-5-16(14)22)15(10-23)20(24)27-21(19)26-25-17/h2-9,18H,11,24H2,1H3,(H,25,26). The number of fused-ring (bicyclic) bond motifs is 1. The van der Waals surface area contributed by atoms with Crippen LogP contribution in [-0.4, -0.2) is 10.2 Å². The summed E-state index contributed by atoms with van der Waals surface area (Å²) in [6, 6.07) is 16.7. The van der Waals surface area contributed by atoms with E-state index in [-0.39, 0.29) is 17.3 Å². The van der Waals surface area contributed by atoms with E-state index in [1.165, 1.54) is 11.6 Å². The number of rotatable bonds is 4. The molecule has 2 heterocycles. The summed E-state index contributed by atoms with van der Waals surface area (Å²) in [5.41, 5.74) is 9.09. The Morgan fingerprint density at radius 3 is 2.71 bits per heavy atom. The average molecular weight is 392 g/mol. The monoisotopic (exact) mass is 392 g/mol. The van der Waals surface area contributed by atoms with Gasteiger partial charge in [-0.15, -0.1) is 16.9 Å². The third-order valence-electron chi connectivity index (χ3n) is 4.64. The molecule has 0 bridgehead atoms. The number of thioether (sulfide) groups is 1. The Labute approximate surface area is 166 Å². The molecule has 4 rings (SSSR count). The van der Waals surface area contributed by atoms with Crippen molar-refractivity contribution in [1.82, 2.24) is 10.2 Å². The van der Waals surface area contributed by atoms with Crippen LogP contribution >= 0.6 is 11.8 Å². The lowest BCUT2D eigenvalue weighted by Crippen LogP contribution is -2.21. The zero-order chi connectivity index (χ0) is 19.7. The van der Waals surface area contributed by atoms with Gasteiger partial charge in [-0.1, -0.05) is 35.9 Å². The first-order valence-corrected chi connectivity index (χ1v) is 9.65. The number of nitrogens with zero attached hydrogens (tertiary/aromatic N) is 2. The Morgan fingerprint density at radius 1 is 1.25 bits per heavy atom. The van der Waals surface area contributed by atoms with Crippen molar-refractivity contribution < 1.29 is 9.13 Å². The predicted octanol–water partition coefficient (Wildman–Crippen LogP) is 4.37. The van der Waals surface area contributed by atoms with E-state index in [4.69, 9.17) is 10.5 Å². The summed E-state index contributed by atoms with van der Waals surface area (Å²) in [4.78, 5) is 1.10. The molecule has 28 heavy (non-hydrogen) atoms. The number of aromatic nitrogens is 2. The van der Waals surface area contributed by atoms with E-state index in [1.807, 2.05) is 31.2 Å². The number of nitriles is 1. The highest BCUT2D eigenvalue weighted by Crippen LogP contribution is 2.44. The number of hydrogen-bond acceptors (Lipinski definition) is 5. The molecule has 0 fully saturated rings. The zero-order valence-electron chi connectivity index (χ0n) is 15.1. The first-order valence-electron chi connectivity index (χ1n) is 8.67. The normalized spacial score (nSPS) is 15.7. The molecular weight excluding hydrogens is 375 g/mol. The highest BCUT2D eigenvalue weighted by molar-refractivity contribution is 7.98. The molecule has 0 saturated heterocycles. The quantitative estimate of drug-likeness (QED) is 0.644. The van der Waals surface area contributed by atoms with Crippen molar-refractivity contribution in [1.29, 1.82) is 5.26 Å². The van der Waals surface area contributed by atoms with E-state index in [0.717, 1.165) is 10.6 Å². The van der Waals surface area contributed by atoms with Gasteiger partial charge in [-0.05, 0) is 25.1 Å². The van der Waals surface area contributed by atoms with Crippen molar-refractivity contribution in [2.75, 3.05) is 0 Å². The van der Waals surface area contributed by atoms with Crippen LogP contribution in [0.15, 0.2) is 64.9 Å². The van der Waals surface area contributed by atoms with E-state index < -0.39 is 11.7 Å². The Balaban J connectivity index is 1.74. The maximum Gasteiger partial charge on any atom is 0.244 e. The van der Waals surface area contributed by atoms with Crippen LogP contribution in [0.3, 0.4) is 0 Å². The van der Waals surface area contributed by atoms with Crippen molar-refractivity contribution in [3.05, 3.63) is 88.2 Å². The predicted molar refractivity (Wildman–Crippen MR) is 105 cm³/mol. The summed E-state index contributed by atoms with van der Waals surface area (Å²) in [7, 11) is 0. The lowest BCUT2D eigenvalue weighted by atomic mass is 9.84. The highest BCUT2D eigenvalue weighted by Gasteiger charge is 2.36. The van der Waals surface area contributed by atoms with Gasteiger partial charge in [0.2, 0.25) is 11.8 Å². The number of halogens is 1. The van der Waals surface area contributed by atoms with E-state index in [2.05, 4.69) is 16.3 Å². The van der Waals surface area contributed by atoms with Crippen molar-refractivity contribution >= 4 is 11.8 Å². The summed E-state index contributed by atoms with van der Waals surface area (Å²) < 4.78 is 20.1. The number of H-pyrrole nitrogens is 1. The van der Waals surface area contributed by atoms with Gasteiger partial charge in [-0.2, -0.15) is 5.26 Å². The number of allylic oxidation sites excluding steroid dienone is 1. The number of nitrogens with two attached hydrogens (primary N) is 1. The molecule has 7 heteroatoms. The fourth-order valence-corrected chi connectivity index (χ4v) is 4.09. The minimum absolute atomic E-state index is 0.0486. The van der Waals surface area contributed by atoms with Gasteiger partial charge in [-0.3, -0.25) is 5.10 Å². The van der Waals surface area contributed by atoms with Gasteiger partial charge < -0.3 is 10.5 Å². The molecule has 2 aromatic carbocycles. The number of aromatic amines is 1. The fourth-order valence-electron chi connectivity index (χ4n) is 3.23. The van der Waals surface area contributed by atoms with Gasteiger partial charge in [0, 0.05) is 16.2 Å². The lowest BCUT2D eigenvalue weighted by molar-refractivity contribution is 0.378. The molecule has 1 aliphatic rings.